The molecular weight excluding hydrogens is 330 g/mol. The molecule has 6 nitrogen and oxygen atoms in total. The Bertz CT molecular complexity index is 720. The molecule has 0 radical (unpaired) electrons. The molecule has 0 heterocycles. The average molecular weight is 346 g/mol. The summed E-state index contributed by atoms with van der Waals surface area (Å²) in [5.74, 6) is -0.252. The maximum Gasteiger partial charge on any atom is 0.259 e. The lowest BCUT2D eigenvalue weighted by atomic mass is 10.2. The predicted molar refractivity (Wildman–Crippen MR) is 92.1 cm³/mol. The van der Waals surface area contributed by atoms with Crippen molar-refractivity contribution in [3.8, 4) is 5.75 Å². The monoisotopic (exact) mass is 345 g/mol. The van der Waals surface area contributed by atoms with Crippen LogP contribution in [0.15, 0.2) is 59.7 Å². The second-order valence-corrected chi connectivity index (χ2v) is 5.16. The van der Waals surface area contributed by atoms with Crippen molar-refractivity contribution in [3.05, 3.63) is 65.2 Å². The number of hydrazone groups is 1. The van der Waals surface area contributed by atoms with Crippen LogP contribution in [0.2, 0.25) is 5.02 Å². The molecule has 7 heteroatoms. The standard InChI is InChI=1S/C17H16ClN3O3/c18-14-6-4-5-13(9-14)10-20-21-16(22)11-19-17(23)12-24-15-7-2-1-3-8-15/h1-10H,11-12H2,(H,19,23)(H,21,22). The minimum atomic E-state index is -0.443. The lowest BCUT2D eigenvalue weighted by Crippen LogP contribution is -2.37. The van der Waals surface area contributed by atoms with Gasteiger partial charge in [0.15, 0.2) is 6.61 Å². The number of carbonyl (C=O) groups excluding carboxylic acids is 2. The summed E-state index contributed by atoms with van der Waals surface area (Å²) < 4.78 is 5.26. The van der Waals surface area contributed by atoms with E-state index in [-0.39, 0.29) is 13.2 Å². The van der Waals surface area contributed by atoms with E-state index >= 15 is 0 Å². The molecule has 0 bridgehead atoms. The minimum absolute atomic E-state index is 0.164. The van der Waals surface area contributed by atoms with Crippen LogP contribution in [0.1, 0.15) is 5.56 Å². The average Bonchev–Trinajstić information content (AvgIpc) is 2.59. The number of carbonyl (C=O) groups is 2. The van der Waals surface area contributed by atoms with Crippen molar-refractivity contribution >= 4 is 29.6 Å². The Kier molecular flexibility index (Phi) is 6.79. The normalized spacial score (nSPS) is 10.4. The number of benzene rings is 2. The summed E-state index contributed by atoms with van der Waals surface area (Å²) in [7, 11) is 0. The fourth-order valence-electron chi connectivity index (χ4n) is 1.70. The molecule has 124 valence electrons. The fourth-order valence-corrected chi connectivity index (χ4v) is 1.90. The third kappa shape index (κ3) is 6.50. The Hall–Kier alpha value is -2.86. The Morgan fingerprint density at radius 2 is 1.88 bits per heavy atom. The van der Waals surface area contributed by atoms with E-state index in [2.05, 4.69) is 15.8 Å². The zero-order valence-electron chi connectivity index (χ0n) is 12.7. The van der Waals surface area contributed by atoms with Gasteiger partial charge in [-0.1, -0.05) is 41.9 Å². The number of hydrogen-bond acceptors (Lipinski definition) is 4. The molecule has 0 aliphatic carbocycles. The molecule has 24 heavy (non-hydrogen) atoms. The SMILES string of the molecule is O=C(COc1ccccc1)NCC(=O)NN=Cc1cccc(Cl)c1. The van der Waals surface area contributed by atoms with Gasteiger partial charge in [0.25, 0.3) is 11.8 Å². The highest BCUT2D eigenvalue weighted by atomic mass is 35.5. The molecule has 0 spiro atoms. The van der Waals surface area contributed by atoms with Crippen LogP contribution in [0.5, 0.6) is 5.75 Å². The first kappa shape index (κ1) is 17.5. The van der Waals surface area contributed by atoms with Gasteiger partial charge in [-0.15, -0.1) is 0 Å². The molecule has 0 saturated heterocycles. The first-order valence-corrected chi connectivity index (χ1v) is 7.53. The second kappa shape index (κ2) is 9.32. The molecular formula is C17H16ClN3O3. The smallest absolute Gasteiger partial charge is 0.259 e. The van der Waals surface area contributed by atoms with E-state index in [1.807, 2.05) is 6.07 Å². The topological polar surface area (TPSA) is 79.8 Å². The molecule has 2 aromatic carbocycles. The molecule has 0 saturated carbocycles. The number of hydrogen-bond donors (Lipinski definition) is 2. The summed E-state index contributed by atoms with van der Waals surface area (Å²) in [4.78, 5) is 23.2. The third-order valence-corrected chi connectivity index (χ3v) is 3.05. The van der Waals surface area contributed by atoms with Gasteiger partial charge in [0, 0.05) is 5.02 Å². The predicted octanol–water partition coefficient (Wildman–Crippen LogP) is 1.99. The van der Waals surface area contributed by atoms with Crippen LogP contribution in [-0.4, -0.2) is 31.2 Å². The summed E-state index contributed by atoms with van der Waals surface area (Å²) in [6.45, 7) is -0.354. The number of nitrogens with zero attached hydrogens (tertiary/aromatic N) is 1. The molecule has 0 unspecified atom stereocenters. The Balaban J connectivity index is 1.66. The van der Waals surface area contributed by atoms with Crippen molar-refractivity contribution in [3.63, 3.8) is 0 Å². The Labute approximate surface area is 144 Å². The fraction of sp³-hybridized carbons (Fsp3) is 0.118. The number of rotatable bonds is 7. The van der Waals surface area contributed by atoms with Gasteiger partial charge in [0.05, 0.1) is 12.8 Å². The van der Waals surface area contributed by atoms with Crippen LogP contribution in [0.25, 0.3) is 0 Å². The van der Waals surface area contributed by atoms with Gasteiger partial charge in [-0.25, -0.2) is 5.43 Å². The summed E-state index contributed by atoms with van der Waals surface area (Å²) >= 11 is 5.84. The minimum Gasteiger partial charge on any atom is -0.484 e. The summed E-state index contributed by atoms with van der Waals surface area (Å²) in [5.41, 5.74) is 3.06. The molecule has 2 N–H and O–H groups in total. The van der Waals surface area contributed by atoms with E-state index in [4.69, 9.17) is 16.3 Å². The highest BCUT2D eigenvalue weighted by Crippen LogP contribution is 2.08. The highest BCUT2D eigenvalue weighted by Gasteiger charge is 2.05. The molecule has 2 aromatic rings. The first-order valence-electron chi connectivity index (χ1n) is 7.15. The molecule has 2 rings (SSSR count). The molecule has 0 aliphatic rings. The molecule has 0 aliphatic heterocycles. The van der Waals surface area contributed by atoms with Crippen LogP contribution in [0, 0.1) is 0 Å². The molecule has 0 aromatic heterocycles. The van der Waals surface area contributed by atoms with Gasteiger partial charge >= 0.3 is 0 Å². The van der Waals surface area contributed by atoms with Gasteiger partial charge in [0.1, 0.15) is 5.75 Å². The summed E-state index contributed by atoms with van der Waals surface area (Å²) in [5, 5.41) is 6.81. The number of amides is 2. The molecule has 0 fully saturated rings. The van der Waals surface area contributed by atoms with Gasteiger partial charge in [-0.05, 0) is 29.8 Å². The summed E-state index contributed by atoms with van der Waals surface area (Å²) in [6, 6.07) is 16.0. The van der Waals surface area contributed by atoms with Crippen molar-refractivity contribution in [1.82, 2.24) is 10.7 Å². The lowest BCUT2D eigenvalue weighted by molar-refractivity contribution is -0.127. The zero-order chi connectivity index (χ0) is 17.2. The van der Waals surface area contributed by atoms with E-state index in [9.17, 15) is 9.59 Å². The van der Waals surface area contributed by atoms with Crippen LogP contribution < -0.4 is 15.5 Å². The number of ether oxygens (including phenoxy) is 1. The van der Waals surface area contributed by atoms with Crippen LogP contribution in [0.4, 0.5) is 0 Å². The third-order valence-electron chi connectivity index (χ3n) is 2.81. The quantitative estimate of drug-likeness (QED) is 0.595. The molecule has 2 amide bonds. The van der Waals surface area contributed by atoms with Crippen molar-refractivity contribution in [2.24, 2.45) is 5.10 Å². The number of halogens is 1. The zero-order valence-corrected chi connectivity index (χ0v) is 13.5. The van der Waals surface area contributed by atoms with Gasteiger partial charge < -0.3 is 10.1 Å². The van der Waals surface area contributed by atoms with Gasteiger partial charge in [-0.2, -0.15) is 5.10 Å². The van der Waals surface area contributed by atoms with Crippen molar-refractivity contribution in [2.75, 3.05) is 13.2 Å². The Morgan fingerprint density at radius 1 is 1.08 bits per heavy atom. The van der Waals surface area contributed by atoms with Crippen molar-refractivity contribution < 1.29 is 14.3 Å². The van der Waals surface area contributed by atoms with E-state index in [0.717, 1.165) is 5.56 Å². The second-order valence-electron chi connectivity index (χ2n) is 4.73. The maximum atomic E-state index is 11.6. The summed E-state index contributed by atoms with van der Waals surface area (Å²) in [6.07, 6.45) is 1.46. The largest absolute Gasteiger partial charge is 0.484 e. The first-order chi connectivity index (χ1) is 11.6. The lowest BCUT2D eigenvalue weighted by Gasteiger charge is -2.06. The van der Waals surface area contributed by atoms with E-state index in [1.54, 1.807) is 48.5 Å². The van der Waals surface area contributed by atoms with E-state index in [1.165, 1.54) is 6.21 Å². The number of para-hydroxylation sites is 1. The Morgan fingerprint density at radius 3 is 2.62 bits per heavy atom. The van der Waals surface area contributed by atoms with Crippen molar-refractivity contribution in [1.29, 1.82) is 0 Å². The maximum absolute atomic E-state index is 11.6. The van der Waals surface area contributed by atoms with E-state index in [0.29, 0.717) is 10.8 Å². The van der Waals surface area contributed by atoms with Crippen LogP contribution in [-0.2, 0) is 9.59 Å². The van der Waals surface area contributed by atoms with E-state index < -0.39 is 11.8 Å². The van der Waals surface area contributed by atoms with Crippen LogP contribution in [0.3, 0.4) is 0 Å². The van der Waals surface area contributed by atoms with Crippen LogP contribution >= 0.6 is 11.6 Å². The molecule has 0 atom stereocenters. The van der Waals surface area contributed by atoms with Crippen molar-refractivity contribution in [2.45, 2.75) is 0 Å². The van der Waals surface area contributed by atoms with Gasteiger partial charge in [0.2, 0.25) is 0 Å². The number of nitrogens with one attached hydrogen (secondary N) is 2. The van der Waals surface area contributed by atoms with Gasteiger partial charge in [-0.3, -0.25) is 9.59 Å². The highest BCUT2D eigenvalue weighted by molar-refractivity contribution is 6.30.